The Bertz CT molecular complexity index is 904. The van der Waals surface area contributed by atoms with Crippen LogP contribution in [0.15, 0.2) is 42.6 Å². The van der Waals surface area contributed by atoms with Gasteiger partial charge < -0.3 is 11.1 Å². The minimum Gasteiger partial charge on any atom is -0.368 e. The first-order valence-corrected chi connectivity index (χ1v) is 8.87. The van der Waals surface area contributed by atoms with Crippen molar-refractivity contribution in [1.29, 1.82) is 0 Å². The van der Waals surface area contributed by atoms with E-state index in [0.29, 0.717) is 6.42 Å². The molecule has 0 spiro atoms. The Morgan fingerprint density at radius 3 is 2.80 bits per heavy atom. The number of hydrogen-bond acceptors (Lipinski definition) is 5. The zero-order chi connectivity index (χ0) is 17.8. The zero-order valence-corrected chi connectivity index (χ0v) is 15.1. The summed E-state index contributed by atoms with van der Waals surface area (Å²) in [5.41, 5.74) is 10.0. The molecule has 0 aliphatic rings. The second kappa shape index (κ2) is 7.44. The van der Waals surface area contributed by atoms with Crippen LogP contribution in [0, 0.1) is 13.8 Å². The third kappa shape index (κ3) is 4.42. The summed E-state index contributed by atoms with van der Waals surface area (Å²) in [5, 5.41) is 3.76. The van der Waals surface area contributed by atoms with Crippen LogP contribution in [0.2, 0.25) is 0 Å². The molecule has 0 aliphatic carbocycles. The van der Waals surface area contributed by atoms with Crippen LogP contribution in [0.25, 0.3) is 10.6 Å². The number of hydrogen-bond donors (Lipinski definition) is 2. The van der Waals surface area contributed by atoms with Gasteiger partial charge in [0.1, 0.15) is 0 Å². The van der Waals surface area contributed by atoms with Crippen LogP contribution in [0.5, 0.6) is 0 Å². The van der Waals surface area contributed by atoms with Crippen molar-refractivity contribution in [3.8, 4) is 10.6 Å². The quantitative estimate of drug-likeness (QED) is 0.728. The van der Waals surface area contributed by atoms with Gasteiger partial charge in [-0.15, -0.1) is 11.3 Å². The van der Waals surface area contributed by atoms with Crippen LogP contribution >= 0.6 is 11.3 Å². The lowest BCUT2D eigenvalue weighted by Crippen LogP contribution is -2.11. The predicted octanol–water partition coefficient (Wildman–Crippen LogP) is 3.98. The van der Waals surface area contributed by atoms with Crippen LogP contribution in [0.3, 0.4) is 0 Å². The second-order valence-electron chi connectivity index (χ2n) is 5.94. The summed E-state index contributed by atoms with van der Waals surface area (Å²) in [6.07, 6.45) is 2.82. The number of aromatic nitrogens is 2. The molecule has 0 saturated heterocycles. The summed E-state index contributed by atoms with van der Waals surface area (Å²) in [7, 11) is 0. The van der Waals surface area contributed by atoms with Gasteiger partial charge in [-0.1, -0.05) is 23.8 Å². The van der Waals surface area contributed by atoms with E-state index in [-0.39, 0.29) is 11.9 Å². The fourth-order valence-electron chi connectivity index (χ4n) is 2.63. The van der Waals surface area contributed by atoms with E-state index in [4.69, 9.17) is 5.73 Å². The van der Waals surface area contributed by atoms with Crippen molar-refractivity contribution in [1.82, 2.24) is 9.97 Å². The molecular weight excluding hydrogens is 332 g/mol. The Hall–Kier alpha value is -2.73. The molecule has 0 atom stereocenters. The number of nitrogens with two attached hydrogens (primary N) is 1. The van der Waals surface area contributed by atoms with Crippen LogP contribution in [-0.4, -0.2) is 15.9 Å². The highest BCUT2D eigenvalue weighted by molar-refractivity contribution is 7.19. The van der Waals surface area contributed by atoms with Gasteiger partial charge in [0, 0.05) is 12.6 Å². The number of carbonyl (C=O) groups excluding carboxylic acids is 1. The average molecular weight is 352 g/mol. The molecule has 5 nitrogen and oxygen atoms in total. The van der Waals surface area contributed by atoms with E-state index >= 15 is 0 Å². The minimum absolute atomic E-state index is 0.00979. The van der Waals surface area contributed by atoms with Crippen molar-refractivity contribution in [2.24, 2.45) is 0 Å². The highest BCUT2D eigenvalue weighted by atomic mass is 32.1. The molecule has 2 heterocycles. The third-order valence-electron chi connectivity index (χ3n) is 3.91. The number of nitrogens with one attached hydrogen (secondary N) is 1. The van der Waals surface area contributed by atoms with Crippen molar-refractivity contribution >= 4 is 28.2 Å². The molecule has 1 aromatic carbocycles. The van der Waals surface area contributed by atoms with Gasteiger partial charge in [0.2, 0.25) is 11.9 Å². The lowest BCUT2D eigenvalue weighted by atomic mass is 10.0. The van der Waals surface area contributed by atoms with E-state index in [1.54, 1.807) is 12.3 Å². The summed E-state index contributed by atoms with van der Waals surface area (Å²) >= 11 is 1.47. The molecule has 6 heteroatoms. The van der Waals surface area contributed by atoms with Gasteiger partial charge in [-0.05, 0) is 49.6 Å². The molecule has 0 fully saturated rings. The molecule has 0 unspecified atom stereocenters. The van der Waals surface area contributed by atoms with Gasteiger partial charge in [-0.2, -0.15) is 0 Å². The smallest absolute Gasteiger partial charge is 0.225 e. The topological polar surface area (TPSA) is 80.9 Å². The Morgan fingerprint density at radius 1 is 1.20 bits per heavy atom. The predicted molar refractivity (Wildman–Crippen MR) is 103 cm³/mol. The standard InChI is InChI=1S/C19H20N4OS/c1-12-3-4-14(13(2)11-12)5-7-17(24)23-18-8-6-16(25-18)15-9-10-21-19(20)22-15/h3-4,6,8-11H,5,7H2,1-2H3,(H,23,24)(H2,20,21,22). The van der Waals surface area contributed by atoms with Crippen molar-refractivity contribution in [3.63, 3.8) is 0 Å². The summed E-state index contributed by atoms with van der Waals surface area (Å²) in [6.45, 7) is 4.16. The number of carbonyl (C=O) groups is 1. The molecule has 0 bridgehead atoms. The Morgan fingerprint density at radius 2 is 2.04 bits per heavy atom. The fraction of sp³-hybridized carbons (Fsp3) is 0.211. The number of thiophene rings is 1. The Kier molecular flexibility index (Phi) is 5.09. The van der Waals surface area contributed by atoms with Crippen molar-refractivity contribution in [2.75, 3.05) is 11.1 Å². The molecule has 0 radical (unpaired) electrons. The molecule has 3 aromatic rings. The molecule has 2 aromatic heterocycles. The number of nitrogens with zero attached hydrogens (tertiary/aromatic N) is 2. The molecular formula is C19H20N4OS. The van der Waals surface area contributed by atoms with Gasteiger partial charge in [-0.3, -0.25) is 4.79 Å². The number of nitrogen functional groups attached to an aromatic ring is 1. The summed E-state index contributed by atoms with van der Waals surface area (Å²) in [5.74, 6) is 0.250. The minimum atomic E-state index is 0.00979. The number of aryl methyl sites for hydroxylation is 3. The number of amides is 1. The average Bonchev–Trinajstić information content (AvgIpc) is 3.02. The first-order chi connectivity index (χ1) is 12.0. The largest absolute Gasteiger partial charge is 0.368 e. The first kappa shape index (κ1) is 17.1. The zero-order valence-electron chi connectivity index (χ0n) is 14.2. The SMILES string of the molecule is Cc1ccc(CCC(=O)Nc2ccc(-c3ccnc(N)n3)s2)c(C)c1. The van der Waals surface area contributed by atoms with E-state index in [2.05, 4.69) is 47.3 Å². The molecule has 128 valence electrons. The molecule has 0 saturated carbocycles. The maximum Gasteiger partial charge on any atom is 0.225 e. The van der Waals surface area contributed by atoms with E-state index in [1.165, 1.54) is 28.0 Å². The molecule has 3 rings (SSSR count). The van der Waals surface area contributed by atoms with Crippen LogP contribution in [0.4, 0.5) is 10.9 Å². The molecule has 3 N–H and O–H groups in total. The normalized spacial score (nSPS) is 10.6. The lowest BCUT2D eigenvalue weighted by molar-refractivity contribution is -0.116. The van der Waals surface area contributed by atoms with E-state index in [1.807, 2.05) is 12.1 Å². The van der Waals surface area contributed by atoms with Crippen LogP contribution < -0.4 is 11.1 Å². The van der Waals surface area contributed by atoms with Crippen molar-refractivity contribution in [2.45, 2.75) is 26.7 Å². The van der Waals surface area contributed by atoms with Crippen molar-refractivity contribution < 1.29 is 4.79 Å². The van der Waals surface area contributed by atoms with Gasteiger partial charge in [0.15, 0.2) is 0 Å². The number of rotatable bonds is 5. The van der Waals surface area contributed by atoms with Crippen LogP contribution in [0.1, 0.15) is 23.1 Å². The van der Waals surface area contributed by atoms with Gasteiger partial charge in [-0.25, -0.2) is 9.97 Å². The fourth-order valence-corrected chi connectivity index (χ4v) is 3.52. The number of benzene rings is 1. The maximum atomic E-state index is 12.2. The van der Waals surface area contributed by atoms with Gasteiger partial charge >= 0.3 is 0 Å². The summed E-state index contributed by atoms with van der Waals surface area (Å²) in [4.78, 5) is 21.2. The van der Waals surface area contributed by atoms with Gasteiger partial charge in [0.05, 0.1) is 15.6 Å². The van der Waals surface area contributed by atoms with Gasteiger partial charge in [0.25, 0.3) is 0 Å². The first-order valence-electron chi connectivity index (χ1n) is 8.06. The van der Waals surface area contributed by atoms with E-state index in [0.717, 1.165) is 22.0 Å². The van der Waals surface area contributed by atoms with E-state index < -0.39 is 0 Å². The Labute approximate surface area is 151 Å². The highest BCUT2D eigenvalue weighted by Gasteiger charge is 2.09. The lowest BCUT2D eigenvalue weighted by Gasteiger charge is -2.07. The second-order valence-corrected chi connectivity index (χ2v) is 7.03. The monoisotopic (exact) mass is 352 g/mol. The molecule has 25 heavy (non-hydrogen) atoms. The molecule has 1 amide bonds. The van der Waals surface area contributed by atoms with Crippen molar-refractivity contribution in [3.05, 3.63) is 59.3 Å². The highest BCUT2D eigenvalue weighted by Crippen LogP contribution is 2.30. The Balaban J connectivity index is 1.60. The maximum absolute atomic E-state index is 12.2. The van der Waals surface area contributed by atoms with Crippen LogP contribution in [-0.2, 0) is 11.2 Å². The molecule has 0 aliphatic heterocycles. The van der Waals surface area contributed by atoms with E-state index in [9.17, 15) is 4.79 Å². The summed E-state index contributed by atoms with van der Waals surface area (Å²) < 4.78 is 0. The third-order valence-corrected chi connectivity index (χ3v) is 4.94. The number of anilines is 2. The summed E-state index contributed by atoms with van der Waals surface area (Å²) in [6, 6.07) is 11.9.